The molecular formula is C17H21N3O. The molecule has 0 spiro atoms. The average molecular weight is 283 g/mol. The first kappa shape index (κ1) is 15.1. The molecular weight excluding hydrogens is 262 g/mol. The zero-order valence-corrected chi connectivity index (χ0v) is 12.4. The predicted molar refractivity (Wildman–Crippen MR) is 87.4 cm³/mol. The van der Waals surface area contributed by atoms with Crippen LogP contribution in [-0.2, 0) is 0 Å². The zero-order chi connectivity index (χ0) is 15.2. The van der Waals surface area contributed by atoms with Crippen LogP contribution in [-0.4, -0.2) is 17.6 Å². The van der Waals surface area contributed by atoms with E-state index in [9.17, 15) is 5.11 Å². The van der Waals surface area contributed by atoms with Crippen LogP contribution in [0, 0.1) is 13.8 Å². The number of hydrogen-bond donors (Lipinski definition) is 3. The van der Waals surface area contributed by atoms with Crippen LogP contribution in [0.3, 0.4) is 0 Å². The van der Waals surface area contributed by atoms with E-state index in [-0.39, 0.29) is 6.54 Å². The first-order chi connectivity index (χ1) is 10.0. The molecule has 0 aromatic heterocycles. The zero-order valence-electron chi connectivity index (χ0n) is 12.4. The number of anilines is 1. The van der Waals surface area contributed by atoms with Crippen LogP contribution in [0.2, 0.25) is 0 Å². The Labute approximate surface area is 125 Å². The molecule has 1 atom stereocenters. The van der Waals surface area contributed by atoms with Crippen LogP contribution in [0.4, 0.5) is 5.69 Å². The summed E-state index contributed by atoms with van der Waals surface area (Å²) in [6.45, 7) is 4.25. The van der Waals surface area contributed by atoms with Crippen LogP contribution < -0.4 is 11.1 Å². The van der Waals surface area contributed by atoms with Gasteiger partial charge in [0.1, 0.15) is 0 Å². The van der Waals surface area contributed by atoms with Crippen molar-refractivity contribution >= 4 is 11.6 Å². The molecule has 0 aliphatic heterocycles. The normalized spacial score (nSPS) is 13.0. The van der Waals surface area contributed by atoms with E-state index in [0.717, 1.165) is 16.8 Å². The lowest BCUT2D eigenvalue weighted by Crippen LogP contribution is -2.23. The molecule has 2 aromatic rings. The summed E-state index contributed by atoms with van der Waals surface area (Å²) in [6, 6.07) is 15.6. The fourth-order valence-corrected chi connectivity index (χ4v) is 1.99. The highest BCUT2D eigenvalue weighted by Gasteiger charge is 2.06. The highest BCUT2D eigenvalue weighted by Crippen LogP contribution is 2.14. The number of nitrogens with zero attached hydrogens (tertiary/aromatic N) is 1. The van der Waals surface area contributed by atoms with E-state index < -0.39 is 6.10 Å². The molecule has 4 N–H and O–H groups in total. The lowest BCUT2D eigenvalue weighted by molar-refractivity contribution is 0.187. The molecule has 21 heavy (non-hydrogen) atoms. The molecule has 4 nitrogen and oxygen atoms in total. The van der Waals surface area contributed by atoms with Crippen LogP contribution >= 0.6 is 0 Å². The van der Waals surface area contributed by atoms with Gasteiger partial charge in [-0.15, -0.1) is 0 Å². The third-order valence-electron chi connectivity index (χ3n) is 3.19. The van der Waals surface area contributed by atoms with Gasteiger partial charge in [0.25, 0.3) is 0 Å². The quantitative estimate of drug-likeness (QED) is 0.597. The second kappa shape index (κ2) is 6.90. The lowest BCUT2D eigenvalue weighted by Gasteiger charge is -2.10. The van der Waals surface area contributed by atoms with Crippen molar-refractivity contribution in [3.8, 4) is 0 Å². The first-order valence-electron chi connectivity index (χ1n) is 6.93. The van der Waals surface area contributed by atoms with Crippen LogP contribution in [0.5, 0.6) is 0 Å². The number of aliphatic hydroxyl groups excluding tert-OH is 1. The fourth-order valence-electron chi connectivity index (χ4n) is 1.99. The van der Waals surface area contributed by atoms with E-state index in [1.54, 1.807) is 0 Å². The summed E-state index contributed by atoms with van der Waals surface area (Å²) >= 11 is 0. The largest absolute Gasteiger partial charge is 0.386 e. The van der Waals surface area contributed by atoms with Crippen molar-refractivity contribution in [3.63, 3.8) is 0 Å². The van der Waals surface area contributed by atoms with Crippen molar-refractivity contribution in [3.05, 3.63) is 65.2 Å². The topological polar surface area (TPSA) is 70.6 Å². The van der Waals surface area contributed by atoms with Crippen molar-refractivity contribution in [1.82, 2.24) is 0 Å². The fraction of sp³-hybridized carbons (Fsp3) is 0.235. The van der Waals surface area contributed by atoms with Gasteiger partial charge in [-0.1, -0.05) is 47.5 Å². The van der Waals surface area contributed by atoms with Crippen LogP contribution in [0.25, 0.3) is 0 Å². The molecule has 2 rings (SSSR count). The number of aryl methyl sites for hydroxylation is 2. The summed E-state index contributed by atoms with van der Waals surface area (Å²) in [4.78, 5) is 4.18. The van der Waals surface area contributed by atoms with Gasteiger partial charge >= 0.3 is 0 Å². The minimum atomic E-state index is -0.650. The maximum Gasteiger partial charge on any atom is 0.193 e. The highest BCUT2D eigenvalue weighted by molar-refractivity contribution is 5.92. The second-order valence-corrected chi connectivity index (χ2v) is 5.15. The molecule has 0 amide bonds. The molecule has 0 radical (unpaired) electrons. The van der Waals surface area contributed by atoms with E-state index in [1.807, 2.05) is 62.4 Å². The van der Waals surface area contributed by atoms with E-state index >= 15 is 0 Å². The molecule has 0 aliphatic carbocycles. The number of nitrogens with two attached hydrogens (primary N) is 1. The smallest absolute Gasteiger partial charge is 0.193 e. The van der Waals surface area contributed by atoms with Gasteiger partial charge in [-0.05, 0) is 31.5 Å². The Balaban J connectivity index is 1.95. The number of hydrogen-bond acceptors (Lipinski definition) is 2. The molecule has 110 valence electrons. The van der Waals surface area contributed by atoms with Crippen LogP contribution in [0.1, 0.15) is 22.8 Å². The highest BCUT2D eigenvalue weighted by atomic mass is 16.3. The molecule has 0 fully saturated rings. The average Bonchev–Trinajstić information content (AvgIpc) is 2.47. The maximum absolute atomic E-state index is 10.1. The summed E-state index contributed by atoms with van der Waals surface area (Å²) in [5, 5.41) is 13.1. The summed E-state index contributed by atoms with van der Waals surface area (Å²) in [7, 11) is 0. The minimum Gasteiger partial charge on any atom is -0.386 e. The van der Waals surface area contributed by atoms with E-state index in [4.69, 9.17) is 5.73 Å². The molecule has 0 saturated carbocycles. The second-order valence-electron chi connectivity index (χ2n) is 5.15. The molecule has 2 aromatic carbocycles. The van der Waals surface area contributed by atoms with Gasteiger partial charge in [0.05, 0.1) is 12.6 Å². The van der Waals surface area contributed by atoms with E-state index in [0.29, 0.717) is 5.96 Å². The first-order valence-corrected chi connectivity index (χ1v) is 6.93. The summed E-state index contributed by atoms with van der Waals surface area (Å²) in [6.07, 6.45) is -0.650. The van der Waals surface area contributed by atoms with Gasteiger partial charge in [0.2, 0.25) is 0 Å². The van der Waals surface area contributed by atoms with Gasteiger partial charge in [0, 0.05) is 5.69 Å². The van der Waals surface area contributed by atoms with Crippen molar-refractivity contribution in [1.29, 1.82) is 0 Å². The molecule has 1 unspecified atom stereocenters. The Hall–Kier alpha value is -2.33. The molecule has 0 heterocycles. The Morgan fingerprint density at radius 1 is 1.14 bits per heavy atom. The minimum absolute atomic E-state index is 0.230. The van der Waals surface area contributed by atoms with Crippen molar-refractivity contribution in [2.24, 2.45) is 10.7 Å². The van der Waals surface area contributed by atoms with E-state index in [1.165, 1.54) is 5.56 Å². The molecule has 0 bridgehead atoms. The third kappa shape index (κ3) is 4.61. The lowest BCUT2D eigenvalue weighted by atomic mass is 10.1. The number of rotatable bonds is 4. The summed E-state index contributed by atoms with van der Waals surface area (Å²) in [5.41, 5.74) is 9.86. The monoisotopic (exact) mass is 283 g/mol. The Bertz CT molecular complexity index is 620. The Kier molecular flexibility index (Phi) is 4.95. The van der Waals surface area contributed by atoms with Crippen LogP contribution in [0.15, 0.2) is 53.5 Å². The molecule has 0 aliphatic rings. The molecule has 0 saturated heterocycles. The Morgan fingerprint density at radius 2 is 1.86 bits per heavy atom. The van der Waals surface area contributed by atoms with Gasteiger partial charge in [0.15, 0.2) is 5.96 Å². The van der Waals surface area contributed by atoms with Gasteiger partial charge in [-0.3, -0.25) is 4.99 Å². The van der Waals surface area contributed by atoms with Crippen molar-refractivity contribution < 1.29 is 5.11 Å². The summed E-state index contributed by atoms with van der Waals surface area (Å²) < 4.78 is 0. The number of aliphatic hydroxyl groups is 1. The summed E-state index contributed by atoms with van der Waals surface area (Å²) in [5.74, 6) is 0.297. The van der Waals surface area contributed by atoms with E-state index in [2.05, 4.69) is 10.3 Å². The number of nitrogens with one attached hydrogen (secondary N) is 1. The standard InChI is InChI=1S/C17H21N3O/c1-12-6-8-15(9-7-12)20-17(18)19-11-16(21)14-5-3-4-13(2)10-14/h3-10,16,21H,11H2,1-2H3,(H3,18,19,20). The maximum atomic E-state index is 10.1. The SMILES string of the molecule is Cc1ccc(NC(N)=NCC(O)c2cccc(C)c2)cc1. The third-order valence-corrected chi connectivity index (χ3v) is 3.19. The van der Waals surface area contributed by atoms with Gasteiger partial charge < -0.3 is 16.2 Å². The predicted octanol–water partition coefficient (Wildman–Crippen LogP) is 2.76. The number of aliphatic imine (C=N–C) groups is 1. The Morgan fingerprint density at radius 3 is 2.52 bits per heavy atom. The molecule has 4 heteroatoms. The van der Waals surface area contributed by atoms with Gasteiger partial charge in [-0.2, -0.15) is 0 Å². The number of benzene rings is 2. The van der Waals surface area contributed by atoms with Crippen molar-refractivity contribution in [2.45, 2.75) is 20.0 Å². The number of guanidine groups is 1. The van der Waals surface area contributed by atoms with Crippen molar-refractivity contribution in [2.75, 3.05) is 11.9 Å². The van der Waals surface area contributed by atoms with Gasteiger partial charge in [-0.25, -0.2) is 0 Å².